The van der Waals surface area contributed by atoms with Crippen molar-refractivity contribution in [2.45, 2.75) is 13.8 Å². The van der Waals surface area contributed by atoms with Crippen LogP contribution in [0.2, 0.25) is 0 Å². The molecule has 1 aliphatic heterocycles. The van der Waals surface area contributed by atoms with E-state index in [1.165, 1.54) is 30.3 Å². The van der Waals surface area contributed by atoms with Gasteiger partial charge in [-0.2, -0.15) is 11.8 Å². The molecule has 0 spiro atoms. The molecule has 0 bridgehead atoms. The van der Waals surface area contributed by atoms with Crippen molar-refractivity contribution in [2.24, 2.45) is 0 Å². The first kappa shape index (κ1) is 7.99. The highest BCUT2D eigenvalue weighted by atomic mass is 32.2. The summed E-state index contributed by atoms with van der Waals surface area (Å²) >= 11 is 2.06. The first-order valence-electron chi connectivity index (χ1n) is 3.80. The van der Waals surface area contributed by atoms with Crippen LogP contribution in [0.5, 0.6) is 0 Å². The summed E-state index contributed by atoms with van der Waals surface area (Å²) < 4.78 is 0. The number of rotatable bonds is 1. The zero-order chi connectivity index (χ0) is 7.40. The van der Waals surface area contributed by atoms with Crippen LogP contribution in [0.3, 0.4) is 0 Å². The smallest absolute Gasteiger partial charge is 0.0266 e. The second kappa shape index (κ2) is 3.91. The summed E-state index contributed by atoms with van der Waals surface area (Å²) in [5, 5.41) is 0. The summed E-state index contributed by atoms with van der Waals surface area (Å²) in [6, 6.07) is 0. The Morgan fingerprint density at radius 2 is 2.00 bits per heavy atom. The fourth-order valence-corrected chi connectivity index (χ4v) is 2.00. The Morgan fingerprint density at radius 1 is 1.40 bits per heavy atom. The molecule has 0 radical (unpaired) electrons. The third-order valence-corrected chi connectivity index (χ3v) is 2.87. The number of allylic oxidation sites excluding steroid dienone is 2. The van der Waals surface area contributed by atoms with Crippen molar-refractivity contribution in [2.75, 3.05) is 24.6 Å². The monoisotopic (exact) mass is 157 g/mol. The van der Waals surface area contributed by atoms with Crippen LogP contribution in [0.1, 0.15) is 13.8 Å². The first-order chi connectivity index (χ1) is 4.84. The maximum Gasteiger partial charge on any atom is 0.0266 e. The van der Waals surface area contributed by atoms with Crippen molar-refractivity contribution < 1.29 is 0 Å². The molecule has 2 heteroatoms. The lowest BCUT2D eigenvalue weighted by Crippen LogP contribution is -2.30. The van der Waals surface area contributed by atoms with Gasteiger partial charge in [0.25, 0.3) is 0 Å². The van der Waals surface area contributed by atoms with Gasteiger partial charge in [0.1, 0.15) is 0 Å². The molecule has 0 aromatic rings. The molecule has 0 unspecified atom stereocenters. The summed E-state index contributed by atoms with van der Waals surface area (Å²) in [6.45, 7) is 6.77. The number of hydrogen-bond donors (Lipinski definition) is 0. The van der Waals surface area contributed by atoms with E-state index >= 15 is 0 Å². The van der Waals surface area contributed by atoms with Gasteiger partial charge in [-0.3, -0.25) is 0 Å². The molecular weight excluding hydrogens is 142 g/mol. The molecule has 0 atom stereocenters. The summed E-state index contributed by atoms with van der Waals surface area (Å²) in [5.74, 6) is 2.59. The predicted molar refractivity (Wildman–Crippen MR) is 48.3 cm³/mol. The van der Waals surface area contributed by atoms with Crippen molar-refractivity contribution in [3.8, 4) is 0 Å². The Hall–Kier alpha value is -0.110. The van der Waals surface area contributed by atoms with E-state index in [0.29, 0.717) is 0 Å². The van der Waals surface area contributed by atoms with Crippen LogP contribution in [0.4, 0.5) is 0 Å². The lowest BCUT2D eigenvalue weighted by Gasteiger charge is -2.28. The minimum absolute atomic E-state index is 1.24. The fraction of sp³-hybridized carbons (Fsp3) is 0.750. The number of thioether (sulfide) groups is 1. The SMILES string of the molecule is C/C=C(\C)N1CCSCC1. The zero-order valence-electron chi connectivity index (χ0n) is 6.76. The number of nitrogens with zero attached hydrogens (tertiary/aromatic N) is 1. The highest BCUT2D eigenvalue weighted by molar-refractivity contribution is 7.99. The zero-order valence-corrected chi connectivity index (χ0v) is 7.58. The van der Waals surface area contributed by atoms with Crippen LogP contribution in [0.15, 0.2) is 11.8 Å². The molecule has 58 valence electrons. The van der Waals surface area contributed by atoms with Crippen molar-refractivity contribution in [1.82, 2.24) is 4.90 Å². The van der Waals surface area contributed by atoms with E-state index in [2.05, 4.69) is 36.6 Å². The maximum atomic E-state index is 2.45. The summed E-state index contributed by atoms with van der Waals surface area (Å²) in [4.78, 5) is 2.45. The van der Waals surface area contributed by atoms with Crippen LogP contribution in [0, 0.1) is 0 Å². The van der Waals surface area contributed by atoms with Crippen molar-refractivity contribution in [3.05, 3.63) is 11.8 Å². The summed E-state index contributed by atoms with van der Waals surface area (Å²) in [6.07, 6.45) is 2.19. The van der Waals surface area contributed by atoms with Gasteiger partial charge in [-0.15, -0.1) is 0 Å². The second-order valence-corrected chi connectivity index (χ2v) is 3.75. The molecule has 0 aromatic carbocycles. The first-order valence-corrected chi connectivity index (χ1v) is 4.95. The third kappa shape index (κ3) is 1.94. The molecule has 0 saturated carbocycles. The molecule has 0 N–H and O–H groups in total. The Bertz CT molecular complexity index is 125. The van der Waals surface area contributed by atoms with Gasteiger partial charge in [-0.05, 0) is 13.8 Å². The molecule has 1 heterocycles. The quantitative estimate of drug-likeness (QED) is 0.572. The fourth-order valence-electron chi connectivity index (χ4n) is 1.10. The van der Waals surface area contributed by atoms with Crippen LogP contribution < -0.4 is 0 Å². The molecule has 10 heavy (non-hydrogen) atoms. The average molecular weight is 157 g/mol. The standard InChI is InChI=1S/C8H15NS/c1-3-8(2)9-4-6-10-7-5-9/h3H,4-7H2,1-2H3/b8-3+. The molecule has 1 fully saturated rings. The van der Waals surface area contributed by atoms with Gasteiger partial charge in [0, 0.05) is 30.3 Å². The van der Waals surface area contributed by atoms with E-state index in [0.717, 1.165) is 0 Å². The molecule has 0 amide bonds. The average Bonchev–Trinajstić information content (AvgIpc) is 2.05. The van der Waals surface area contributed by atoms with Crippen LogP contribution in [0.25, 0.3) is 0 Å². The Morgan fingerprint density at radius 3 is 2.50 bits per heavy atom. The molecule has 1 saturated heterocycles. The van der Waals surface area contributed by atoms with Crippen LogP contribution >= 0.6 is 11.8 Å². The van der Waals surface area contributed by atoms with E-state index in [-0.39, 0.29) is 0 Å². The van der Waals surface area contributed by atoms with E-state index in [1.54, 1.807) is 0 Å². The van der Waals surface area contributed by atoms with Crippen molar-refractivity contribution >= 4 is 11.8 Å². The summed E-state index contributed by atoms with van der Waals surface area (Å²) in [5.41, 5.74) is 1.43. The normalized spacial score (nSPS) is 21.4. The predicted octanol–water partition coefficient (Wildman–Crippen LogP) is 1.96. The summed E-state index contributed by atoms with van der Waals surface area (Å²) in [7, 11) is 0. The lowest BCUT2D eigenvalue weighted by molar-refractivity contribution is 0.381. The van der Waals surface area contributed by atoms with Gasteiger partial charge in [-0.1, -0.05) is 6.08 Å². The Labute approximate surface area is 67.5 Å². The Kier molecular flexibility index (Phi) is 3.13. The highest BCUT2D eigenvalue weighted by Crippen LogP contribution is 2.13. The lowest BCUT2D eigenvalue weighted by atomic mass is 10.4. The van der Waals surface area contributed by atoms with E-state index in [9.17, 15) is 0 Å². The van der Waals surface area contributed by atoms with Gasteiger partial charge < -0.3 is 4.90 Å². The van der Waals surface area contributed by atoms with E-state index < -0.39 is 0 Å². The van der Waals surface area contributed by atoms with E-state index in [1.807, 2.05) is 0 Å². The minimum atomic E-state index is 1.24. The third-order valence-electron chi connectivity index (χ3n) is 1.93. The largest absolute Gasteiger partial charge is 0.374 e. The second-order valence-electron chi connectivity index (χ2n) is 2.53. The van der Waals surface area contributed by atoms with Gasteiger partial charge >= 0.3 is 0 Å². The maximum absolute atomic E-state index is 2.45. The minimum Gasteiger partial charge on any atom is -0.374 e. The van der Waals surface area contributed by atoms with Crippen molar-refractivity contribution in [1.29, 1.82) is 0 Å². The van der Waals surface area contributed by atoms with Crippen molar-refractivity contribution in [3.63, 3.8) is 0 Å². The molecular formula is C8H15NS. The van der Waals surface area contributed by atoms with Gasteiger partial charge in [0.05, 0.1) is 0 Å². The molecule has 0 aromatic heterocycles. The molecule has 1 nitrogen and oxygen atoms in total. The Balaban J connectivity index is 2.39. The van der Waals surface area contributed by atoms with Gasteiger partial charge in [0.2, 0.25) is 0 Å². The van der Waals surface area contributed by atoms with Gasteiger partial charge in [0.15, 0.2) is 0 Å². The molecule has 1 rings (SSSR count). The van der Waals surface area contributed by atoms with Crippen LogP contribution in [-0.4, -0.2) is 29.5 Å². The van der Waals surface area contributed by atoms with Gasteiger partial charge in [-0.25, -0.2) is 0 Å². The molecule has 0 aliphatic carbocycles. The topological polar surface area (TPSA) is 3.24 Å². The number of hydrogen-bond acceptors (Lipinski definition) is 2. The highest BCUT2D eigenvalue weighted by Gasteiger charge is 2.08. The van der Waals surface area contributed by atoms with E-state index in [4.69, 9.17) is 0 Å². The van der Waals surface area contributed by atoms with Crippen LogP contribution in [-0.2, 0) is 0 Å². The molecule has 1 aliphatic rings.